The van der Waals surface area contributed by atoms with Gasteiger partial charge >= 0.3 is 0 Å². The summed E-state index contributed by atoms with van der Waals surface area (Å²) in [5.41, 5.74) is 1.31. The molecule has 0 saturated carbocycles. The quantitative estimate of drug-likeness (QED) is 0.526. The fourth-order valence-corrected chi connectivity index (χ4v) is 3.35. The topological polar surface area (TPSA) is 93.9 Å². The molecule has 2 heterocycles. The van der Waals surface area contributed by atoms with Gasteiger partial charge in [0.1, 0.15) is 11.6 Å². The van der Waals surface area contributed by atoms with Gasteiger partial charge in [0.15, 0.2) is 0 Å². The van der Waals surface area contributed by atoms with Crippen LogP contribution in [0.3, 0.4) is 0 Å². The van der Waals surface area contributed by atoms with Crippen molar-refractivity contribution >= 4 is 22.7 Å². The van der Waals surface area contributed by atoms with Crippen LogP contribution in [0.25, 0.3) is 22.4 Å². The Kier molecular flexibility index (Phi) is 4.64. The van der Waals surface area contributed by atoms with Gasteiger partial charge < -0.3 is 14.1 Å². The molecule has 0 saturated heterocycles. The van der Waals surface area contributed by atoms with Gasteiger partial charge in [0.25, 0.3) is 10.8 Å². The smallest absolute Gasteiger partial charge is 0.277 e. The van der Waals surface area contributed by atoms with Crippen molar-refractivity contribution in [3.63, 3.8) is 0 Å². The van der Waals surface area contributed by atoms with Crippen molar-refractivity contribution in [3.05, 3.63) is 64.7 Å². The largest absolute Gasteiger partial charge is 0.497 e. The van der Waals surface area contributed by atoms with E-state index in [1.165, 1.54) is 11.8 Å². The summed E-state index contributed by atoms with van der Waals surface area (Å²) in [4.78, 5) is 19.6. The molecule has 0 fully saturated rings. The second kappa shape index (κ2) is 7.24. The van der Waals surface area contributed by atoms with Gasteiger partial charge in [-0.05, 0) is 43.3 Å². The normalized spacial score (nSPS) is 12.2. The number of hydrogen-bond donors (Lipinski definition) is 1. The molecule has 0 aliphatic carbocycles. The zero-order chi connectivity index (χ0) is 18.8. The SMILES string of the molecule is COc1ccc(-c2nnc(S[C@H](C)c3nc4ccccc4c(=O)[nH]3)o2)cc1. The lowest BCUT2D eigenvalue weighted by Crippen LogP contribution is -2.12. The van der Waals surface area contributed by atoms with Crippen LogP contribution in [0.4, 0.5) is 0 Å². The number of methoxy groups -OCH3 is 1. The molecular weight excluding hydrogens is 364 g/mol. The minimum Gasteiger partial charge on any atom is -0.497 e. The molecule has 136 valence electrons. The van der Waals surface area contributed by atoms with Crippen LogP contribution in [-0.4, -0.2) is 27.3 Å². The molecule has 0 bridgehead atoms. The van der Waals surface area contributed by atoms with Crippen molar-refractivity contribution < 1.29 is 9.15 Å². The van der Waals surface area contributed by atoms with Crippen LogP contribution in [0.15, 0.2) is 63.0 Å². The molecule has 1 atom stereocenters. The Morgan fingerprint density at radius 1 is 1.11 bits per heavy atom. The number of aromatic nitrogens is 4. The molecule has 2 aromatic carbocycles. The van der Waals surface area contributed by atoms with Crippen molar-refractivity contribution in [2.45, 2.75) is 17.4 Å². The van der Waals surface area contributed by atoms with Gasteiger partial charge in [-0.15, -0.1) is 10.2 Å². The molecular formula is C19H16N4O3S. The zero-order valence-electron chi connectivity index (χ0n) is 14.7. The first-order valence-electron chi connectivity index (χ1n) is 8.27. The summed E-state index contributed by atoms with van der Waals surface area (Å²) in [6.45, 7) is 1.93. The standard InChI is InChI=1S/C19H16N4O3S/c1-11(16-20-15-6-4-3-5-14(15)17(24)21-16)27-19-23-22-18(26-19)12-7-9-13(25-2)10-8-12/h3-11H,1-2H3,(H,20,21,24)/t11-/m1/s1. The summed E-state index contributed by atoms with van der Waals surface area (Å²) in [5.74, 6) is 1.74. The van der Waals surface area contributed by atoms with Crippen LogP contribution in [0.5, 0.6) is 5.75 Å². The summed E-state index contributed by atoms with van der Waals surface area (Å²) < 4.78 is 10.9. The van der Waals surface area contributed by atoms with Crippen molar-refractivity contribution in [2.24, 2.45) is 0 Å². The summed E-state index contributed by atoms with van der Waals surface area (Å²) >= 11 is 1.34. The number of ether oxygens (including phenoxy) is 1. The van der Waals surface area contributed by atoms with Crippen molar-refractivity contribution in [2.75, 3.05) is 7.11 Å². The fraction of sp³-hybridized carbons (Fsp3) is 0.158. The number of H-pyrrole nitrogens is 1. The van der Waals surface area contributed by atoms with Gasteiger partial charge in [-0.2, -0.15) is 0 Å². The van der Waals surface area contributed by atoms with Gasteiger partial charge in [-0.25, -0.2) is 4.98 Å². The van der Waals surface area contributed by atoms with Crippen LogP contribution < -0.4 is 10.3 Å². The average molecular weight is 380 g/mol. The van der Waals surface area contributed by atoms with Gasteiger partial charge in [0.2, 0.25) is 5.89 Å². The highest BCUT2D eigenvalue weighted by molar-refractivity contribution is 7.99. The number of thioether (sulfide) groups is 1. The van der Waals surface area contributed by atoms with E-state index in [9.17, 15) is 4.79 Å². The summed E-state index contributed by atoms with van der Waals surface area (Å²) in [6.07, 6.45) is 0. The number of aromatic amines is 1. The van der Waals surface area contributed by atoms with E-state index in [0.717, 1.165) is 11.3 Å². The lowest BCUT2D eigenvalue weighted by Gasteiger charge is -2.08. The third kappa shape index (κ3) is 3.56. The number of hydrogen-bond acceptors (Lipinski definition) is 7. The molecule has 2 aromatic heterocycles. The lowest BCUT2D eigenvalue weighted by atomic mass is 10.2. The zero-order valence-corrected chi connectivity index (χ0v) is 15.5. The first-order valence-corrected chi connectivity index (χ1v) is 9.15. The number of rotatable bonds is 5. The van der Waals surface area contributed by atoms with E-state index in [1.54, 1.807) is 13.2 Å². The number of nitrogens with one attached hydrogen (secondary N) is 1. The van der Waals surface area contributed by atoms with Crippen LogP contribution in [0.1, 0.15) is 18.0 Å². The maximum Gasteiger partial charge on any atom is 0.277 e. The second-order valence-electron chi connectivity index (χ2n) is 5.83. The summed E-state index contributed by atoms with van der Waals surface area (Å²) in [5, 5.41) is 8.98. The van der Waals surface area contributed by atoms with E-state index in [4.69, 9.17) is 9.15 Å². The molecule has 27 heavy (non-hydrogen) atoms. The molecule has 1 N–H and O–H groups in total. The molecule has 0 radical (unpaired) electrons. The van der Waals surface area contributed by atoms with Gasteiger partial charge in [-0.3, -0.25) is 4.79 Å². The molecule has 0 aliphatic rings. The highest BCUT2D eigenvalue weighted by Gasteiger charge is 2.17. The summed E-state index contributed by atoms with van der Waals surface area (Å²) in [7, 11) is 1.61. The third-order valence-electron chi connectivity index (χ3n) is 4.04. The van der Waals surface area contributed by atoms with Crippen LogP contribution >= 0.6 is 11.8 Å². The predicted molar refractivity (Wildman–Crippen MR) is 103 cm³/mol. The highest BCUT2D eigenvalue weighted by Crippen LogP contribution is 2.33. The highest BCUT2D eigenvalue weighted by atomic mass is 32.2. The lowest BCUT2D eigenvalue weighted by molar-refractivity contribution is 0.414. The number of fused-ring (bicyclic) bond motifs is 1. The molecule has 0 aliphatic heterocycles. The molecule has 4 rings (SSSR count). The Labute approximate surface area is 158 Å². The van der Waals surface area contributed by atoms with E-state index in [-0.39, 0.29) is 10.8 Å². The van der Waals surface area contributed by atoms with Crippen molar-refractivity contribution in [3.8, 4) is 17.2 Å². The Morgan fingerprint density at radius 3 is 2.67 bits per heavy atom. The van der Waals surface area contributed by atoms with Crippen molar-refractivity contribution in [1.29, 1.82) is 0 Å². The Hall–Kier alpha value is -3.13. The van der Waals surface area contributed by atoms with Crippen LogP contribution in [0, 0.1) is 0 Å². The summed E-state index contributed by atoms with van der Waals surface area (Å²) in [6, 6.07) is 14.6. The van der Waals surface area contributed by atoms with E-state index in [2.05, 4.69) is 20.2 Å². The van der Waals surface area contributed by atoms with Crippen molar-refractivity contribution in [1.82, 2.24) is 20.2 Å². The van der Waals surface area contributed by atoms with Crippen LogP contribution in [0.2, 0.25) is 0 Å². The number of nitrogens with zero attached hydrogens (tertiary/aromatic N) is 3. The Morgan fingerprint density at radius 2 is 1.89 bits per heavy atom. The molecule has 7 nitrogen and oxygen atoms in total. The predicted octanol–water partition coefficient (Wildman–Crippen LogP) is 3.84. The number of para-hydroxylation sites is 1. The molecule has 0 amide bonds. The minimum atomic E-state index is -0.161. The van der Waals surface area contributed by atoms with Crippen LogP contribution in [-0.2, 0) is 0 Å². The minimum absolute atomic E-state index is 0.160. The first kappa shape index (κ1) is 17.3. The average Bonchev–Trinajstić information content (AvgIpc) is 3.16. The number of benzene rings is 2. The molecule has 4 aromatic rings. The molecule has 8 heteroatoms. The first-order chi connectivity index (χ1) is 13.1. The van der Waals surface area contributed by atoms with Gasteiger partial charge in [-0.1, -0.05) is 23.9 Å². The molecule has 0 unspecified atom stereocenters. The second-order valence-corrected chi connectivity index (χ2v) is 7.12. The van der Waals surface area contributed by atoms with Gasteiger partial charge in [0, 0.05) is 5.56 Å². The third-order valence-corrected chi connectivity index (χ3v) is 4.98. The van der Waals surface area contributed by atoms with E-state index >= 15 is 0 Å². The maximum atomic E-state index is 12.2. The monoisotopic (exact) mass is 380 g/mol. The van der Waals surface area contributed by atoms with Gasteiger partial charge in [0.05, 0.1) is 23.3 Å². The maximum absolute atomic E-state index is 12.2. The molecule has 0 spiro atoms. The van der Waals surface area contributed by atoms with E-state index < -0.39 is 0 Å². The van der Waals surface area contributed by atoms with E-state index in [1.807, 2.05) is 49.4 Å². The fourth-order valence-electron chi connectivity index (χ4n) is 2.61. The van der Waals surface area contributed by atoms with E-state index in [0.29, 0.717) is 27.8 Å². The Balaban J connectivity index is 1.55. The Bertz CT molecular complexity index is 1140.